The van der Waals surface area contributed by atoms with Crippen molar-refractivity contribution in [1.82, 2.24) is 5.32 Å². The highest BCUT2D eigenvalue weighted by atomic mass is 35.5. The molecule has 0 bridgehead atoms. The molecule has 1 aliphatic rings. The van der Waals surface area contributed by atoms with Gasteiger partial charge >= 0.3 is 0 Å². The number of benzene rings is 2. The lowest BCUT2D eigenvalue weighted by molar-refractivity contribution is -0.117. The lowest BCUT2D eigenvalue weighted by Crippen LogP contribution is -2.43. The average Bonchev–Trinajstić information content (AvgIpc) is 2.64. The van der Waals surface area contributed by atoms with Gasteiger partial charge in [-0.25, -0.2) is 0 Å². The Morgan fingerprint density at radius 3 is 2.26 bits per heavy atom. The molecule has 1 heterocycles. The zero-order valence-corrected chi connectivity index (χ0v) is 16.1. The predicted octanol–water partition coefficient (Wildman–Crippen LogP) is 3.33. The van der Waals surface area contributed by atoms with Gasteiger partial charge in [0.05, 0.1) is 13.2 Å². The van der Waals surface area contributed by atoms with Crippen molar-refractivity contribution in [3.63, 3.8) is 0 Å². The predicted molar refractivity (Wildman–Crippen MR) is 109 cm³/mol. The van der Waals surface area contributed by atoms with Crippen LogP contribution in [0.2, 0.25) is 5.02 Å². The van der Waals surface area contributed by atoms with E-state index in [1.165, 1.54) is 0 Å². The Hall–Kier alpha value is -2.12. The SMILES string of the molecule is Cl.O=C(CC1COCCN1)Nc1ccc(NC(=O)c2ccc(Cl)cc2)cc1. The summed E-state index contributed by atoms with van der Waals surface area (Å²) < 4.78 is 5.34. The second-order valence-electron chi connectivity index (χ2n) is 6.02. The van der Waals surface area contributed by atoms with Crippen LogP contribution in [-0.2, 0) is 9.53 Å². The maximum absolute atomic E-state index is 12.2. The fraction of sp³-hybridized carbons (Fsp3) is 0.263. The van der Waals surface area contributed by atoms with Crippen molar-refractivity contribution < 1.29 is 14.3 Å². The fourth-order valence-electron chi connectivity index (χ4n) is 2.63. The molecule has 2 amide bonds. The summed E-state index contributed by atoms with van der Waals surface area (Å²) in [4.78, 5) is 24.2. The number of hydrogen-bond donors (Lipinski definition) is 3. The van der Waals surface area contributed by atoms with E-state index < -0.39 is 0 Å². The van der Waals surface area contributed by atoms with E-state index >= 15 is 0 Å². The van der Waals surface area contributed by atoms with Gasteiger partial charge < -0.3 is 20.7 Å². The lowest BCUT2D eigenvalue weighted by Gasteiger charge is -2.23. The van der Waals surface area contributed by atoms with Crippen LogP contribution in [0.15, 0.2) is 48.5 Å². The molecule has 0 radical (unpaired) electrons. The van der Waals surface area contributed by atoms with E-state index in [9.17, 15) is 9.59 Å². The third kappa shape index (κ3) is 6.52. The van der Waals surface area contributed by atoms with E-state index in [-0.39, 0.29) is 30.3 Å². The van der Waals surface area contributed by atoms with Crippen LogP contribution in [0.25, 0.3) is 0 Å². The monoisotopic (exact) mass is 409 g/mol. The van der Waals surface area contributed by atoms with Crippen LogP contribution >= 0.6 is 24.0 Å². The van der Waals surface area contributed by atoms with E-state index in [1.807, 2.05) is 0 Å². The molecule has 0 aliphatic carbocycles. The van der Waals surface area contributed by atoms with Gasteiger partial charge in [0.25, 0.3) is 5.91 Å². The highest BCUT2D eigenvalue weighted by molar-refractivity contribution is 6.30. The highest BCUT2D eigenvalue weighted by Crippen LogP contribution is 2.16. The first-order valence-electron chi connectivity index (χ1n) is 8.38. The number of carbonyl (C=O) groups is 2. The minimum absolute atomic E-state index is 0. The van der Waals surface area contributed by atoms with Gasteiger partial charge in [-0.1, -0.05) is 11.6 Å². The van der Waals surface area contributed by atoms with Crippen LogP contribution in [0.3, 0.4) is 0 Å². The minimum Gasteiger partial charge on any atom is -0.378 e. The van der Waals surface area contributed by atoms with Crippen molar-refractivity contribution in [2.24, 2.45) is 0 Å². The molecule has 2 aromatic rings. The summed E-state index contributed by atoms with van der Waals surface area (Å²) in [5.74, 6) is -0.298. The summed E-state index contributed by atoms with van der Waals surface area (Å²) in [5.41, 5.74) is 1.84. The smallest absolute Gasteiger partial charge is 0.255 e. The quantitative estimate of drug-likeness (QED) is 0.707. The van der Waals surface area contributed by atoms with Crippen molar-refractivity contribution in [3.05, 3.63) is 59.1 Å². The van der Waals surface area contributed by atoms with Gasteiger partial charge in [-0.2, -0.15) is 0 Å². The molecule has 1 saturated heterocycles. The summed E-state index contributed by atoms with van der Waals surface area (Å²) in [6.45, 7) is 1.99. The third-order valence-electron chi connectivity index (χ3n) is 3.96. The first-order valence-corrected chi connectivity index (χ1v) is 8.76. The molecule has 0 saturated carbocycles. The Bertz CT molecular complexity index is 761. The summed E-state index contributed by atoms with van der Waals surface area (Å²) in [6, 6.07) is 13.7. The Kier molecular flexibility index (Phi) is 8.06. The van der Waals surface area contributed by atoms with Gasteiger partial charge in [0.2, 0.25) is 5.91 Å². The van der Waals surface area contributed by atoms with E-state index in [0.29, 0.717) is 41.6 Å². The maximum Gasteiger partial charge on any atom is 0.255 e. The normalized spacial score (nSPS) is 16.1. The van der Waals surface area contributed by atoms with E-state index in [4.69, 9.17) is 16.3 Å². The number of carbonyl (C=O) groups excluding carboxylic acids is 2. The number of nitrogens with one attached hydrogen (secondary N) is 3. The topological polar surface area (TPSA) is 79.5 Å². The second-order valence-corrected chi connectivity index (χ2v) is 6.45. The molecule has 1 atom stereocenters. The lowest BCUT2D eigenvalue weighted by atomic mass is 10.2. The number of amides is 2. The first kappa shape index (κ1) is 21.2. The molecule has 1 aliphatic heterocycles. The van der Waals surface area contributed by atoms with Gasteiger partial charge in [0.1, 0.15) is 0 Å². The Labute approximate surface area is 169 Å². The van der Waals surface area contributed by atoms with Crippen molar-refractivity contribution in [3.8, 4) is 0 Å². The van der Waals surface area contributed by atoms with Crippen LogP contribution in [0.1, 0.15) is 16.8 Å². The van der Waals surface area contributed by atoms with Gasteiger partial charge in [-0.05, 0) is 48.5 Å². The largest absolute Gasteiger partial charge is 0.378 e. The summed E-state index contributed by atoms with van der Waals surface area (Å²) >= 11 is 5.82. The molecular formula is C19H21Cl2N3O3. The van der Waals surface area contributed by atoms with E-state index in [1.54, 1.807) is 48.5 Å². The zero-order valence-electron chi connectivity index (χ0n) is 14.5. The molecule has 6 nitrogen and oxygen atoms in total. The van der Waals surface area contributed by atoms with Gasteiger partial charge in [-0.15, -0.1) is 12.4 Å². The number of ether oxygens (including phenoxy) is 1. The Morgan fingerprint density at radius 2 is 1.67 bits per heavy atom. The summed E-state index contributed by atoms with van der Waals surface area (Å²) in [6.07, 6.45) is 0.356. The average molecular weight is 410 g/mol. The van der Waals surface area contributed by atoms with Gasteiger partial charge in [-0.3, -0.25) is 9.59 Å². The molecule has 0 aromatic heterocycles. The van der Waals surface area contributed by atoms with Crippen molar-refractivity contribution in [2.75, 3.05) is 30.4 Å². The third-order valence-corrected chi connectivity index (χ3v) is 4.22. The van der Waals surface area contributed by atoms with Crippen LogP contribution in [-0.4, -0.2) is 37.6 Å². The summed E-state index contributed by atoms with van der Waals surface area (Å²) in [5, 5.41) is 9.47. The molecule has 3 N–H and O–H groups in total. The zero-order chi connectivity index (χ0) is 18.4. The molecule has 1 unspecified atom stereocenters. The molecule has 27 heavy (non-hydrogen) atoms. The standard InChI is InChI=1S/C19H20ClN3O3.ClH/c20-14-3-1-13(2-4-14)19(25)23-16-7-5-15(6-8-16)22-18(24)11-17-12-26-10-9-21-17;/h1-8,17,21H,9-12H2,(H,22,24)(H,23,25);1H. The number of rotatable bonds is 5. The molecule has 8 heteroatoms. The molecule has 0 spiro atoms. The Balaban J connectivity index is 0.00000261. The molecule has 3 rings (SSSR count). The van der Waals surface area contributed by atoms with Crippen molar-refractivity contribution in [1.29, 1.82) is 0 Å². The number of halogens is 2. The van der Waals surface area contributed by atoms with Crippen LogP contribution in [0.4, 0.5) is 11.4 Å². The van der Waals surface area contributed by atoms with Crippen molar-refractivity contribution in [2.45, 2.75) is 12.5 Å². The van der Waals surface area contributed by atoms with E-state index in [0.717, 1.165) is 6.54 Å². The van der Waals surface area contributed by atoms with Gasteiger partial charge in [0.15, 0.2) is 0 Å². The number of hydrogen-bond acceptors (Lipinski definition) is 4. The molecule has 1 fully saturated rings. The minimum atomic E-state index is -0.221. The number of morpholine rings is 1. The summed E-state index contributed by atoms with van der Waals surface area (Å²) in [7, 11) is 0. The highest BCUT2D eigenvalue weighted by Gasteiger charge is 2.16. The van der Waals surface area contributed by atoms with Gasteiger partial charge in [0, 0.05) is 41.0 Å². The first-order chi connectivity index (χ1) is 12.6. The van der Waals surface area contributed by atoms with Crippen LogP contribution < -0.4 is 16.0 Å². The molecular weight excluding hydrogens is 389 g/mol. The van der Waals surface area contributed by atoms with E-state index in [2.05, 4.69) is 16.0 Å². The van der Waals surface area contributed by atoms with Crippen LogP contribution in [0, 0.1) is 0 Å². The molecule has 144 valence electrons. The van der Waals surface area contributed by atoms with Crippen molar-refractivity contribution >= 4 is 47.2 Å². The Morgan fingerprint density at radius 1 is 1.04 bits per heavy atom. The fourth-order valence-corrected chi connectivity index (χ4v) is 2.75. The second kappa shape index (κ2) is 10.3. The molecule has 2 aromatic carbocycles. The van der Waals surface area contributed by atoms with Crippen LogP contribution in [0.5, 0.6) is 0 Å². The maximum atomic E-state index is 12.2. The number of anilines is 2.